The molecule has 1 aromatic carbocycles. The first-order chi connectivity index (χ1) is 14.6. The highest BCUT2D eigenvalue weighted by atomic mass is 127. The van der Waals surface area contributed by atoms with E-state index >= 15 is 0 Å². The normalized spacial score (nSPS) is 14.9. The maximum absolute atomic E-state index is 11.7. The maximum atomic E-state index is 11.7. The van der Waals surface area contributed by atoms with Crippen molar-refractivity contribution in [3.05, 3.63) is 58.0 Å². The van der Waals surface area contributed by atoms with Crippen molar-refractivity contribution >= 4 is 29.9 Å². The van der Waals surface area contributed by atoms with Crippen molar-refractivity contribution in [3.8, 4) is 11.5 Å². The summed E-state index contributed by atoms with van der Waals surface area (Å²) in [5, 5.41) is 6.68. The van der Waals surface area contributed by atoms with Crippen molar-refractivity contribution in [1.29, 1.82) is 0 Å². The molecule has 3 rings (SSSR count). The third-order valence-electron chi connectivity index (χ3n) is 5.07. The Morgan fingerprint density at radius 3 is 2.87 bits per heavy atom. The van der Waals surface area contributed by atoms with E-state index in [1.54, 1.807) is 23.7 Å². The molecule has 2 N–H and O–H groups in total. The largest absolute Gasteiger partial charge is 0.494 e. The fraction of sp³-hybridized carbons (Fsp3) is 0.478. The summed E-state index contributed by atoms with van der Waals surface area (Å²) in [5.41, 5.74) is 2.30. The zero-order valence-corrected chi connectivity index (χ0v) is 20.8. The minimum atomic E-state index is 0. The van der Waals surface area contributed by atoms with Gasteiger partial charge in [0.15, 0.2) is 5.96 Å². The van der Waals surface area contributed by atoms with Gasteiger partial charge >= 0.3 is 0 Å². The Morgan fingerprint density at radius 2 is 2.13 bits per heavy atom. The Morgan fingerprint density at radius 1 is 1.29 bits per heavy atom. The molecule has 0 saturated carbocycles. The minimum Gasteiger partial charge on any atom is -0.494 e. The van der Waals surface area contributed by atoms with Gasteiger partial charge in [-0.05, 0) is 44.9 Å². The van der Waals surface area contributed by atoms with Crippen LogP contribution in [0.5, 0.6) is 11.5 Å². The topological polar surface area (TPSA) is 76.9 Å². The highest BCUT2D eigenvalue weighted by Crippen LogP contribution is 2.35. The second-order valence-electron chi connectivity index (χ2n) is 7.43. The Hall–Kier alpha value is -2.23. The molecule has 8 heteroatoms. The molecule has 170 valence electrons. The van der Waals surface area contributed by atoms with Crippen LogP contribution in [0.3, 0.4) is 0 Å². The molecule has 1 atom stereocenters. The molecule has 31 heavy (non-hydrogen) atoms. The zero-order chi connectivity index (χ0) is 21.3. The number of rotatable bonds is 9. The number of pyridine rings is 1. The van der Waals surface area contributed by atoms with Crippen LogP contribution in [-0.4, -0.2) is 36.8 Å². The van der Waals surface area contributed by atoms with Crippen LogP contribution in [0.2, 0.25) is 0 Å². The highest BCUT2D eigenvalue weighted by Gasteiger charge is 2.21. The van der Waals surface area contributed by atoms with Gasteiger partial charge in [0.25, 0.3) is 0 Å². The second-order valence-corrected chi connectivity index (χ2v) is 7.43. The summed E-state index contributed by atoms with van der Waals surface area (Å²) in [6.45, 7) is 6.80. The van der Waals surface area contributed by atoms with Crippen molar-refractivity contribution in [1.82, 2.24) is 15.2 Å². The molecule has 1 unspecified atom stereocenters. The fourth-order valence-corrected chi connectivity index (χ4v) is 3.57. The third-order valence-corrected chi connectivity index (χ3v) is 5.07. The lowest BCUT2D eigenvalue weighted by atomic mass is 10.1. The van der Waals surface area contributed by atoms with E-state index in [1.807, 2.05) is 19.2 Å². The second kappa shape index (κ2) is 12.6. The number of nitrogens with one attached hydrogen (secondary N) is 2. The Bertz CT molecular complexity index is 929. The molecule has 0 bridgehead atoms. The number of nitrogens with zero attached hydrogens (tertiary/aromatic N) is 2. The number of aliphatic imine (C=N–C) groups is 1. The fourth-order valence-electron chi connectivity index (χ4n) is 3.57. The van der Waals surface area contributed by atoms with Crippen molar-refractivity contribution < 1.29 is 9.47 Å². The van der Waals surface area contributed by atoms with E-state index < -0.39 is 0 Å². The van der Waals surface area contributed by atoms with Gasteiger partial charge in [-0.3, -0.25) is 9.79 Å². The predicted molar refractivity (Wildman–Crippen MR) is 135 cm³/mol. The molecule has 1 aliphatic heterocycles. The van der Waals surface area contributed by atoms with Gasteiger partial charge < -0.3 is 24.7 Å². The summed E-state index contributed by atoms with van der Waals surface area (Å²) in [5.74, 6) is 2.58. The Labute approximate surface area is 201 Å². The van der Waals surface area contributed by atoms with Crippen LogP contribution in [0.15, 0.2) is 46.3 Å². The van der Waals surface area contributed by atoms with E-state index in [0.717, 1.165) is 55.4 Å². The van der Waals surface area contributed by atoms with E-state index in [-0.39, 0.29) is 35.6 Å². The highest BCUT2D eigenvalue weighted by molar-refractivity contribution is 14.0. The van der Waals surface area contributed by atoms with E-state index in [0.29, 0.717) is 13.2 Å². The summed E-state index contributed by atoms with van der Waals surface area (Å²) in [4.78, 5) is 16.0. The molecule has 0 spiro atoms. The van der Waals surface area contributed by atoms with Gasteiger partial charge in [0.1, 0.15) is 17.6 Å². The standard InChI is InChI=1S/C23H32N4O3.HI/c1-4-29-20-14-18-13-17(2)30-21(18)15-19(20)16-26-23(24-3)25-10-6-8-12-27-11-7-5-9-22(27)28;/h5,7,9,11,14-15,17H,4,6,8,10,12-13,16H2,1-3H3,(H2,24,25,26);1H. The van der Waals surface area contributed by atoms with E-state index in [4.69, 9.17) is 9.47 Å². The minimum absolute atomic E-state index is 0. The number of aromatic nitrogens is 1. The van der Waals surface area contributed by atoms with Gasteiger partial charge in [-0.2, -0.15) is 0 Å². The lowest BCUT2D eigenvalue weighted by Crippen LogP contribution is -2.37. The Kier molecular flexibility index (Phi) is 10.2. The number of fused-ring (bicyclic) bond motifs is 1. The molecule has 0 fully saturated rings. The van der Waals surface area contributed by atoms with Gasteiger partial charge in [-0.1, -0.05) is 6.07 Å². The molecule has 0 saturated heterocycles. The predicted octanol–water partition coefficient (Wildman–Crippen LogP) is 3.33. The summed E-state index contributed by atoms with van der Waals surface area (Å²) < 4.78 is 13.5. The number of guanidine groups is 1. The maximum Gasteiger partial charge on any atom is 0.250 e. The summed E-state index contributed by atoms with van der Waals surface area (Å²) in [7, 11) is 1.76. The summed E-state index contributed by atoms with van der Waals surface area (Å²) >= 11 is 0. The molecule has 0 radical (unpaired) electrons. The van der Waals surface area contributed by atoms with Crippen LogP contribution in [-0.2, 0) is 19.5 Å². The van der Waals surface area contributed by atoms with Gasteiger partial charge in [0, 0.05) is 56.5 Å². The van der Waals surface area contributed by atoms with Crippen LogP contribution in [0.25, 0.3) is 0 Å². The number of benzene rings is 1. The molecular weight excluding hydrogens is 507 g/mol. The number of unbranched alkanes of at least 4 members (excludes halogenated alkanes) is 1. The smallest absolute Gasteiger partial charge is 0.250 e. The van der Waals surface area contributed by atoms with Gasteiger partial charge in [0.2, 0.25) is 5.56 Å². The van der Waals surface area contributed by atoms with Crippen LogP contribution < -0.4 is 25.7 Å². The average molecular weight is 540 g/mol. The summed E-state index contributed by atoms with van der Waals surface area (Å²) in [6.07, 6.45) is 4.81. The van der Waals surface area contributed by atoms with Crippen molar-refractivity contribution in [2.24, 2.45) is 4.99 Å². The van der Waals surface area contributed by atoms with E-state index in [1.165, 1.54) is 5.56 Å². The molecule has 7 nitrogen and oxygen atoms in total. The lowest BCUT2D eigenvalue weighted by molar-refractivity contribution is 0.254. The monoisotopic (exact) mass is 540 g/mol. The Balaban J connectivity index is 0.00000341. The number of hydrogen-bond donors (Lipinski definition) is 2. The first-order valence-electron chi connectivity index (χ1n) is 10.7. The van der Waals surface area contributed by atoms with Crippen molar-refractivity contribution in [2.45, 2.75) is 52.3 Å². The summed E-state index contributed by atoms with van der Waals surface area (Å²) in [6, 6.07) is 9.40. The van der Waals surface area contributed by atoms with Crippen molar-refractivity contribution in [2.75, 3.05) is 20.2 Å². The number of hydrogen-bond acceptors (Lipinski definition) is 4. The van der Waals surface area contributed by atoms with Crippen LogP contribution >= 0.6 is 24.0 Å². The van der Waals surface area contributed by atoms with Crippen LogP contribution in [0.4, 0.5) is 0 Å². The van der Waals surface area contributed by atoms with Gasteiger partial charge in [-0.15, -0.1) is 24.0 Å². The van der Waals surface area contributed by atoms with E-state index in [9.17, 15) is 4.79 Å². The molecule has 0 amide bonds. The molecule has 2 heterocycles. The van der Waals surface area contributed by atoms with Crippen LogP contribution in [0.1, 0.15) is 37.8 Å². The molecule has 2 aromatic rings. The van der Waals surface area contributed by atoms with Crippen molar-refractivity contribution in [3.63, 3.8) is 0 Å². The average Bonchev–Trinajstić information content (AvgIpc) is 3.10. The lowest BCUT2D eigenvalue weighted by Gasteiger charge is -2.16. The molecule has 1 aromatic heterocycles. The van der Waals surface area contributed by atoms with Gasteiger partial charge in [-0.25, -0.2) is 0 Å². The van der Waals surface area contributed by atoms with Crippen LogP contribution in [0, 0.1) is 0 Å². The molecule has 0 aliphatic carbocycles. The first-order valence-corrected chi connectivity index (χ1v) is 10.7. The first kappa shape index (κ1) is 25.0. The SMILES string of the molecule is CCOc1cc2c(cc1CNC(=NC)NCCCCn1ccccc1=O)OC(C)C2.I. The zero-order valence-electron chi connectivity index (χ0n) is 18.5. The number of aryl methyl sites for hydroxylation is 1. The number of ether oxygens (including phenoxy) is 2. The van der Waals surface area contributed by atoms with E-state index in [2.05, 4.69) is 34.7 Å². The third kappa shape index (κ3) is 7.15. The molecule has 1 aliphatic rings. The van der Waals surface area contributed by atoms with Gasteiger partial charge in [0.05, 0.1) is 6.61 Å². The number of halogens is 1. The molecular formula is C23H33IN4O3. The quantitative estimate of drug-likeness (QED) is 0.221.